The van der Waals surface area contributed by atoms with Crippen LogP contribution in [0.4, 0.5) is 17.1 Å². The second-order valence-electron chi connectivity index (χ2n) is 15.1. The van der Waals surface area contributed by atoms with E-state index in [0.29, 0.717) is 0 Å². The summed E-state index contributed by atoms with van der Waals surface area (Å²) >= 11 is 0. The SMILES string of the molecule is CC(C)(C)c1ccc(N(c2ccc(C(C)(C)C)cc2)c2cc3c4cc5ccccc5cc4n4c3c(c2)n2c3ccccc3nc24)cc1. The first kappa shape index (κ1) is 27.9. The van der Waals surface area contributed by atoms with Gasteiger partial charge in [0, 0.05) is 27.8 Å². The average molecular weight is 611 g/mol. The van der Waals surface area contributed by atoms with Crippen LogP contribution in [0.1, 0.15) is 52.7 Å². The Morgan fingerprint density at radius 3 is 1.68 bits per heavy atom. The van der Waals surface area contributed by atoms with E-state index in [1.54, 1.807) is 0 Å². The third-order valence-corrected chi connectivity index (χ3v) is 9.92. The molecule has 47 heavy (non-hydrogen) atoms. The molecule has 0 radical (unpaired) electrons. The molecule has 3 heterocycles. The van der Waals surface area contributed by atoms with E-state index in [2.05, 4.69) is 177 Å². The first-order valence-corrected chi connectivity index (χ1v) is 16.6. The molecule has 9 aromatic rings. The molecule has 0 fully saturated rings. The molecule has 3 aromatic heterocycles. The van der Waals surface area contributed by atoms with Gasteiger partial charge in [0.25, 0.3) is 0 Å². The van der Waals surface area contributed by atoms with Crippen molar-refractivity contribution in [2.75, 3.05) is 4.90 Å². The fourth-order valence-corrected chi connectivity index (χ4v) is 7.37. The van der Waals surface area contributed by atoms with Gasteiger partial charge in [0.15, 0.2) is 0 Å². The highest BCUT2D eigenvalue weighted by Gasteiger charge is 2.25. The van der Waals surface area contributed by atoms with Crippen molar-refractivity contribution >= 4 is 72.0 Å². The summed E-state index contributed by atoms with van der Waals surface area (Å²) in [5.74, 6) is 0.948. The fraction of sp³-hybridized carbons (Fsp3) is 0.186. The summed E-state index contributed by atoms with van der Waals surface area (Å²) in [6.07, 6.45) is 0. The highest BCUT2D eigenvalue weighted by atomic mass is 15.2. The number of rotatable bonds is 3. The number of para-hydroxylation sites is 2. The van der Waals surface area contributed by atoms with Crippen LogP contribution in [0.2, 0.25) is 0 Å². The number of benzene rings is 6. The van der Waals surface area contributed by atoms with Crippen LogP contribution < -0.4 is 4.90 Å². The Kier molecular flexibility index (Phi) is 5.69. The van der Waals surface area contributed by atoms with Gasteiger partial charge in [-0.15, -0.1) is 0 Å². The predicted molar refractivity (Wildman–Crippen MR) is 199 cm³/mol. The van der Waals surface area contributed by atoms with E-state index in [0.717, 1.165) is 39.4 Å². The Bertz CT molecular complexity index is 2560. The van der Waals surface area contributed by atoms with Gasteiger partial charge in [0.05, 0.1) is 27.6 Å². The Hall–Kier alpha value is -5.35. The molecule has 0 amide bonds. The number of anilines is 3. The normalized spacial score (nSPS) is 12.9. The molecule has 4 nitrogen and oxygen atoms in total. The van der Waals surface area contributed by atoms with Gasteiger partial charge in [-0.3, -0.25) is 8.80 Å². The summed E-state index contributed by atoms with van der Waals surface area (Å²) in [7, 11) is 0. The number of imidazole rings is 2. The van der Waals surface area contributed by atoms with Crippen molar-refractivity contribution in [2.24, 2.45) is 0 Å². The quantitative estimate of drug-likeness (QED) is 0.199. The van der Waals surface area contributed by atoms with Gasteiger partial charge >= 0.3 is 0 Å². The maximum absolute atomic E-state index is 5.20. The lowest BCUT2D eigenvalue weighted by Crippen LogP contribution is -2.14. The van der Waals surface area contributed by atoms with Crippen LogP contribution in [-0.4, -0.2) is 13.8 Å². The highest BCUT2D eigenvalue weighted by Crippen LogP contribution is 2.44. The van der Waals surface area contributed by atoms with Crippen LogP contribution in [0, 0.1) is 0 Å². The first-order valence-electron chi connectivity index (χ1n) is 16.6. The molecular weight excluding hydrogens is 573 g/mol. The monoisotopic (exact) mass is 610 g/mol. The molecule has 0 spiro atoms. The summed E-state index contributed by atoms with van der Waals surface area (Å²) < 4.78 is 4.72. The highest BCUT2D eigenvalue weighted by molar-refractivity contribution is 6.20. The van der Waals surface area contributed by atoms with E-state index in [1.165, 1.54) is 43.7 Å². The van der Waals surface area contributed by atoms with Crippen LogP contribution in [0.5, 0.6) is 0 Å². The first-order chi connectivity index (χ1) is 22.6. The van der Waals surface area contributed by atoms with E-state index in [1.807, 2.05) is 0 Å². The van der Waals surface area contributed by atoms with Crippen molar-refractivity contribution in [1.29, 1.82) is 0 Å². The van der Waals surface area contributed by atoms with Crippen molar-refractivity contribution in [1.82, 2.24) is 13.8 Å². The molecule has 0 atom stereocenters. The molecule has 0 unspecified atom stereocenters. The Morgan fingerprint density at radius 2 is 1.06 bits per heavy atom. The minimum atomic E-state index is 0.0754. The molecule has 6 aromatic carbocycles. The molecule has 0 saturated carbocycles. The van der Waals surface area contributed by atoms with Crippen LogP contribution in [-0.2, 0) is 10.8 Å². The summed E-state index contributed by atoms with van der Waals surface area (Å²) in [4.78, 5) is 7.62. The van der Waals surface area contributed by atoms with Gasteiger partial charge < -0.3 is 4.90 Å². The molecule has 0 saturated heterocycles. The summed E-state index contributed by atoms with van der Waals surface area (Å²) in [5, 5.41) is 4.95. The van der Waals surface area contributed by atoms with Gasteiger partial charge in [0.1, 0.15) is 0 Å². The van der Waals surface area contributed by atoms with E-state index >= 15 is 0 Å². The molecule has 230 valence electrons. The van der Waals surface area contributed by atoms with Gasteiger partial charge in [-0.1, -0.05) is 102 Å². The largest absolute Gasteiger partial charge is 0.310 e. The van der Waals surface area contributed by atoms with Gasteiger partial charge in [-0.05, 0) is 93.4 Å². The summed E-state index contributed by atoms with van der Waals surface area (Å²) in [6.45, 7) is 13.6. The van der Waals surface area contributed by atoms with Crippen molar-refractivity contribution in [3.05, 3.63) is 132 Å². The average Bonchev–Trinajstić information content (AvgIpc) is 3.69. The van der Waals surface area contributed by atoms with Crippen molar-refractivity contribution in [3.8, 4) is 0 Å². The summed E-state index contributed by atoms with van der Waals surface area (Å²) in [5.41, 5.74) is 11.9. The predicted octanol–water partition coefficient (Wildman–Crippen LogP) is 11.7. The van der Waals surface area contributed by atoms with E-state index in [9.17, 15) is 0 Å². The second-order valence-corrected chi connectivity index (χ2v) is 15.1. The smallest absolute Gasteiger partial charge is 0.220 e. The third-order valence-electron chi connectivity index (χ3n) is 9.92. The minimum Gasteiger partial charge on any atom is -0.310 e. The second kappa shape index (κ2) is 9.59. The maximum atomic E-state index is 5.20. The zero-order chi connectivity index (χ0) is 32.2. The third kappa shape index (κ3) is 4.17. The molecule has 0 N–H and O–H groups in total. The lowest BCUT2D eigenvalue weighted by atomic mass is 9.86. The molecule has 0 aliphatic heterocycles. The summed E-state index contributed by atoms with van der Waals surface area (Å²) in [6, 6.07) is 44.8. The van der Waals surface area contributed by atoms with Crippen molar-refractivity contribution in [3.63, 3.8) is 0 Å². The number of aromatic nitrogens is 3. The molecule has 0 bridgehead atoms. The van der Waals surface area contributed by atoms with E-state index in [-0.39, 0.29) is 10.8 Å². The molecule has 0 aliphatic rings. The van der Waals surface area contributed by atoms with Crippen LogP contribution >= 0.6 is 0 Å². The Morgan fingerprint density at radius 1 is 0.489 bits per heavy atom. The Labute approximate surface area is 274 Å². The maximum Gasteiger partial charge on any atom is 0.220 e. The zero-order valence-corrected chi connectivity index (χ0v) is 27.8. The molecule has 4 heteroatoms. The van der Waals surface area contributed by atoms with Crippen LogP contribution in [0.3, 0.4) is 0 Å². The van der Waals surface area contributed by atoms with Gasteiger partial charge in [0.2, 0.25) is 5.78 Å². The minimum absolute atomic E-state index is 0.0754. The molecule has 9 rings (SSSR count). The molecular formula is C43H38N4. The number of hydrogen-bond donors (Lipinski definition) is 0. The van der Waals surface area contributed by atoms with Gasteiger partial charge in [-0.2, -0.15) is 0 Å². The lowest BCUT2D eigenvalue weighted by Gasteiger charge is -2.28. The van der Waals surface area contributed by atoms with Gasteiger partial charge in [-0.25, -0.2) is 4.98 Å². The van der Waals surface area contributed by atoms with E-state index in [4.69, 9.17) is 4.98 Å². The fourth-order valence-electron chi connectivity index (χ4n) is 7.37. The zero-order valence-electron chi connectivity index (χ0n) is 27.8. The standard InChI is InChI=1S/C43H38N4/c1-42(2,3)29-15-19-31(20-16-29)45(32-21-17-30(18-22-32)43(4,5)6)33-25-35-34-23-27-11-7-8-12-28(27)24-38(34)47-40(35)39(26-33)46-37-14-10-9-13-36(37)44-41(46)47/h7-26H,1-6H3. The topological polar surface area (TPSA) is 25.0 Å². The Balaban J connectivity index is 1.39. The number of nitrogens with zero attached hydrogens (tertiary/aromatic N) is 4. The molecule has 0 aliphatic carbocycles. The van der Waals surface area contributed by atoms with Crippen molar-refractivity contribution in [2.45, 2.75) is 52.4 Å². The lowest BCUT2D eigenvalue weighted by molar-refractivity contribution is 0.590. The van der Waals surface area contributed by atoms with Crippen LogP contribution in [0.25, 0.3) is 54.9 Å². The van der Waals surface area contributed by atoms with E-state index < -0.39 is 0 Å². The number of hydrogen-bond acceptors (Lipinski definition) is 2. The van der Waals surface area contributed by atoms with Crippen LogP contribution in [0.15, 0.2) is 121 Å². The number of fused-ring (bicyclic) bond motifs is 9. The van der Waals surface area contributed by atoms with Crippen molar-refractivity contribution < 1.29 is 0 Å².